The van der Waals surface area contributed by atoms with Gasteiger partial charge in [-0.1, -0.05) is 11.6 Å². The van der Waals surface area contributed by atoms with Crippen molar-refractivity contribution in [1.29, 1.82) is 0 Å². The molecular weight excluding hydrogens is 497 g/mol. The molecule has 11 heteroatoms. The molecular formula is C26H27ClFN7O2. The van der Waals surface area contributed by atoms with E-state index in [2.05, 4.69) is 29.5 Å². The number of aromatic nitrogens is 4. The Labute approximate surface area is 218 Å². The summed E-state index contributed by atoms with van der Waals surface area (Å²) in [7, 11) is 0. The van der Waals surface area contributed by atoms with Crippen LogP contribution < -0.4 is 9.80 Å². The van der Waals surface area contributed by atoms with Gasteiger partial charge in [-0.25, -0.2) is 14.2 Å². The summed E-state index contributed by atoms with van der Waals surface area (Å²) in [5, 5.41) is 9.76. The number of fused-ring (bicyclic) bond motifs is 3. The van der Waals surface area contributed by atoms with Gasteiger partial charge >= 0.3 is 6.09 Å². The van der Waals surface area contributed by atoms with Crippen molar-refractivity contribution in [2.45, 2.75) is 44.9 Å². The number of hydrogen-bond acceptors (Lipinski definition) is 7. The Morgan fingerprint density at radius 3 is 2.59 bits per heavy atom. The minimum Gasteiger partial charge on any atom is -0.446 e. The third-order valence-corrected chi connectivity index (χ3v) is 8.35. The molecule has 1 amide bonds. The molecule has 9 nitrogen and oxygen atoms in total. The van der Waals surface area contributed by atoms with Gasteiger partial charge in [0.1, 0.15) is 17.7 Å². The van der Waals surface area contributed by atoms with Crippen LogP contribution in [0.2, 0.25) is 5.02 Å². The number of carbonyl (C=O) groups is 1. The van der Waals surface area contributed by atoms with E-state index in [0.717, 1.165) is 68.5 Å². The zero-order valence-corrected chi connectivity index (χ0v) is 21.2. The van der Waals surface area contributed by atoms with Crippen molar-refractivity contribution in [3.63, 3.8) is 0 Å². The van der Waals surface area contributed by atoms with Crippen LogP contribution in [0, 0.1) is 11.2 Å². The lowest BCUT2D eigenvalue weighted by Crippen LogP contribution is -2.73. The second-order valence-electron chi connectivity index (χ2n) is 10.8. The van der Waals surface area contributed by atoms with Crippen molar-refractivity contribution in [2.75, 3.05) is 36.0 Å². The van der Waals surface area contributed by atoms with Crippen LogP contribution in [-0.2, 0) is 11.3 Å². The van der Waals surface area contributed by atoms with Gasteiger partial charge in [0, 0.05) is 36.6 Å². The third-order valence-electron chi connectivity index (χ3n) is 8.11. The minimum absolute atomic E-state index is 0.000329. The molecule has 1 saturated carbocycles. The number of ether oxygens (including phenoxy) is 1. The Morgan fingerprint density at radius 1 is 1.11 bits per heavy atom. The summed E-state index contributed by atoms with van der Waals surface area (Å²) in [6.07, 6.45) is 3.87. The van der Waals surface area contributed by atoms with E-state index in [-0.39, 0.29) is 29.5 Å². The van der Waals surface area contributed by atoms with Gasteiger partial charge in [0.05, 0.1) is 24.5 Å². The summed E-state index contributed by atoms with van der Waals surface area (Å²) >= 11 is 6.37. The van der Waals surface area contributed by atoms with Gasteiger partial charge in [-0.3, -0.25) is 9.47 Å². The van der Waals surface area contributed by atoms with E-state index in [1.165, 1.54) is 12.3 Å². The Morgan fingerprint density at radius 2 is 1.89 bits per heavy atom. The quantitative estimate of drug-likeness (QED) is 0.505. The largest absolute Gasteiger partial charge is 0.446 e. The van der Waals surface area contributed by atoms with Gasteiger partial charge in [-0.2, -0.15) is 0 Å². The molecule has 1 aliphatic carbocycles. The molecule has 3 fully saturated rings. The van der Waals surface area contributed by atoms with Crippen LogP contribution in [0.1, 0.15) is 43.6 Å². The summed E-state index contributed by atoms with van der Waals surface area (Å²) in [6, 6.07) is 8.59. The first kappa shape index (κ1) is 22.8. The first-order chi connectivity index (χ1) is 17.9. The molecule has 1 atom stereocenters. The predicted molar refractivity (Wildman–Crippen MR) is 136 cm³/mol. The van der Waals surface area contributed by atoms with E-state index in [1.54, 1.807) is 11.0 Å². The Kier molecular flexibility index (Phi) is 5.11. The molecule has 1 spiro atoms. The predicted octanol–water partition coefficient (Wildman–Crippen LogP) is 4.35. The van der Waals surface area contributed by atoms with Gasteiger partial charge in [0.2, 0.25) is 5.95 Å². The van der Waals surface area contributed by atoms with Crippen LogP contribution in [0.4, 0.5) is 21.0 Å². The average Bonchev–Trinajstić information content (AvgIpc) is 3.18. The van der Waals surface area contributed by atoms with Crippen LogP contribution in [0.5, 0.6) is 0 Å². The number of benzene rings is 1. The van der Waals surface area contributed by atoms with Gasteiger partial charge in [-0.05, 0) is 62.1 Å². The first-order valence-corrected chi connectivity index (χ1v) is 13.1. The zero-order chi connectivity index (χ0) is 25.3. The molecule has 192 valence electrons. The summed E-state index contributed by atoms with van der Waals surface area (Å²) < 4.78 is 21.1. The highest BCUT2D eigenvalue weighted by molar-refractivity contribution is 6.30. The summed E-state index contributed by atoms with van der Waals surface area (Å²) in [5.41, 5.74) is 2.01. The average molecular weight is 524 g/mol. The Balaban J connectivity index is 1.15. The van der Waals surface area contributed by atoms with Crippen molar-refractivity contribution in [2.24, 2.45) is 5.41 Å². The summed E-state index contributed by atoms with van der Waals surface area (Å²) in [4.78, 5) is 23.5. The number of anilines is 2. The highest BCUT2D eigenvalue weighted by Gasteiger charge is 2.53. The normalized spacial score (nSPS) is 21.9. The van der Waals surface area contributed by atoms with Crippen LogP contribution in [-0.4, -0.2) is 63.0 Å². The monoisotopic (exact) mass is 523 g/mol. The lowest BCUT2D eigenvalue weighted by Gasteiger charge is -2.60. The van der Waals surface area contributed by atoms with Crippen LogP contribution in [0.3, 0.4) is 0 Å². The number of carbonyl (C=O) groups excluding carboxylic acids is 1. The molecule has 3 aromatic rings. The number of halogens is 2. The number of nitrogens with zero attached hydrogens (tertiary/aromatic N) is 7. The molecule has 2 saturated heterocycles. The van der Waals surface area contributed by atoms with Gasteiger partial charge < -0.3 is 14.5 Å². The maximum absolute atomic E-state index is 13.2. The van der Waals surface area contributed by atoms with E-state index in [9.17, 15) is 9.18 Å². The van der Waals surface area contributed by atoms with Gasteiger partial charge in [0.15, 0.2) is 5.82 Å². The number of pyridine rings is 1. The van der Waals surface area contributed by atoms with E-state index < -0.39 is 0 Å². The van der Waals surface area contributed by atoms with Gasteiger partial charge in [-0.15, -0.1) is 10.2 Å². The molecule has 0 bridgehead atoms. The molecule has 5 heterocycles. The molecule has 2 aromatic heterocycles. The topological polar surface area (TPSA) is 79.6 Å². The van der Waals surface area contributed by atoms with Crippen molar-refractivity contribution >= 4 is 29.5 Å². The first-order valence-electron chi connectivity index (χ1n) is 12.7. The van der Waals surface area contributed by atoms with E-state index >= 15 is 0 Å². The van der Waals surface area contributed by atoms with Crippen molar-refractivity contribution in [1.82, 2.24) is 24.6 Å². The molecule has 1 unspecified atom stereocenters. The van der Waals surface area contributed by atoms with Crippen LogP contribution in [0.15, 0.2) is 36.5 Å². The smallest absolute Gasteiger partial charge is 0.410 e. The van der Waals surface area contributed by atoms with Crippen LogP contribution >= 0.6 is 11.6 Å². The molecule has 37 heavy (non-hydrogen) atoms. The van der Waals surface area contributed by atoms with Crippen molar-refractivity contribution < 1.29 is 13.9 Å². The molecule has 4 aliphatic rings. The molecule has 0 N–H and O–H groups in total. The molecule has 1 aromatic carbocycles. The standard InChI is InChI=1S/C26H27ClFN7O2/c1-16-23-30-31-24(33-14-26(15-33)12-32(13-26)22-8-6-19(28)10-29-22)35(23)21-7-5-18(27)9-17(21)11-34(16)25(36)37-20-3-2-4-20/h5-10,16,20H,2-4,11-15H2,1H3. The van der Waals surface area contributed by atoms with Gasteiger partial charge in [0.25, 0.3) is 0 Å². The van der Waals surface area contributed by atoms with Crippen LogP contribution in [0.25, 0.3) is 5.69 Å². The number of amides is 1. The second-order valence-corrected chi connectivity index (χ2v) is 11.2. The highest BCUT2D eigenvalue weighted by Crippen LogP contribution is 2.44. The third kappa shape index (κ3) is 3.72. The van der Waals surface area contributed by atoms with Crippen molar-refractivity contribution in [3.05, 3.63) is 58.8 Å². The maximum atomic E-state index is 13.2. The van der Waals surface area contributed by atoms with E-state index in [0.29, 0.717) is 17.4 Å². The SMILES string of the molecule is CC1c2nnc(N3CC4(CN(c5ccc(F)cn5)C4)C3)n2-c2ccc(Cl)cc2CN1C(=O)OC1CCC1. The fourth-order valence-electron chi connectivity index (χ4n) is 5.86. The fourth-order valence-corrected chi connectivity index (χ4v) is 6.05. The second kappa shape index (κ2) is 8.31. The fraction of sp³-hybridized carbons (Fsp3) is 0.462. The molecule has 0 radical (unpaired) electrons. The lowest BCUT2D eigenvalue weighted by molar-refractivity contribution is 0.0173. The lowest BCUT2D eigenvalue weighted by atomic mass is 9.73. The summed E-state index contributed by atoms with van der Waals surface area (Å²) in [6.45, 7) is 5.77. The Bertz CT molecular complexity index is 1360. The highest BCUT2D eigenvalue weighted by atomic mass is 35.5. The number of rotatable bonds is 3. The Hall–Kier alpha value is -3.40. The molecule has 7 rings (SSSR count). The van der Waals surface area contributed by atoms with Crippen molar-refractivity contribution in [3.8, 4) is 5.69 Å². The van der Waals surface area contributed by atoms with E-state index in [1.807, 2.05) is 25.1 Å². The molecule has 3 aliphatic heterocycles. The van der Waals surface area contributed by atoms with E-state index in [4.69, 9.17) is 16.3 Å². The maximum Gasteiger partial charge on any atom is 0.410 e. The summed E-state index contributed by atoms with van der Waals surface area (Å²) in [5.74, 6) is 1.94. The number of hydrogen-bond donors (Lipinski definition) is 0. The minimum atomic E-state index is -0.327. The zero-order valence-electron chi connectivity index (χ0n) is 20.5.